The monoisotopic (exact) mass is 390 g/mol. The first-order valence-corrected chi connectivity index (χ1v) is 9.48. The minimum Gasteiger partial charge on any atom is -0.484 e. The first-order chi connectivity index (χ1) is 12.9. The molecule has 27 heavy (non-hydrogen) atoms. The molecule has 3 rings (SSSR count). The van der Waals surface area contributed by atoms with Crippen LogP contribution in [0, 0.1) is 5.82 Å². The van der Waals surface area contributed by atoms with Gasteiger partial charge in [-0.2, -0.15) is 0 Å². The summed E-state index contributed by atoms with van der Waals surface area (Å²) in [5.74, 6) is 0.380. The van der Waals surface area contributed by atoms with Gasteiger partial charge in [-0.25, -0.2) is 4.39 Å². The van der Waals surface area contributed by atoms with Crippen LogP contribution in [0.5, 0.6) is 5.75 Å². The van der Waals surface area contributed by atoms with Gasteiger partial charge >= 0.3 is 0 Å². The highest BCUT2D eigenvalue weighted by molar-refractivity contribution is 6.30. The van der Waals surface area contributed by atoms with Crippen LogP contribution >= 0.6 is 11.6 Å². The fourth-order valence-corrected chi connectivity index (χ4v) is 3.49. The molecule has 0 spiro atoms. The molecule has 0 N–H and O–H groups in total. The fraction of sp³-hybridized carbons (Fsp3) is 0.381. The van der Waals surface area contributed by atoms with E-state index in [4.69, 9.17) is 16.3 Å². The summed E-state index contributed by atoms with van der Waals surface area (Å²) in [4.78, 5) is 16.8. The van der Waals surface area contributed by atoms with Crippen LogP contribution in [0.3, 0.4) is 0 Å². The molecule has 2 aromatic carbocycles. The molecule has 0 aliphatic carbocycles. The van der Waals surface area contributed by atoms with Gasteiger partial charge in [0.2, 0.25) is 0 Å². The van der Waals surface area contributed by atoms with Gasteiger partial charge in [-0.3, -0.25) is 9.69 Å². The van der Waals surface area contributed by atoms with Crippen LogP contribution in [0.2, 0.25) is 5.02 Å². The molecule has 1 saturated heterocycles. The number of amides is 1. The molecule has 0 saturated carbocycles. The lowest BCUT2D eigenvalue weighted by Gasteiger charge is -2.45. The van der Waals surface area contributed by atoms with Gasteiger partial charge in [0.1, 0.15) is 11.6 Å². The molecular weight excluding hydrogens is 367 g/mol. The number of nitrogens with zero attached hydrogens (tertiary/aromatic N) is 2. The van der Waals surface area contributed by atoms with E-state index in [1.54, 1.807) is 24.3 Å². The van der Waals surface area contributed by atoms with Crippen molar-refractivity contribution in [3.8, 4) is 5.75 Å². The zero-order chi connectivity index (χ0) is 19.4. The van der Waals surface area contributed by atoms with Crippen molar-refractivity contribution in [2.45, 2.75) is 32.5 Å². The fourth-order valence-electron chi connectivity index (χ4n) is 3.37. The van der Waals surface area contributed by atoms with Gasteiger partial charge in [-0.05, 0) is 55.8 Å². The predicted octanol–water partition coefficient (Wildman–Crippen LogP) is 3.98. The molecule has 2 unspecified atom stereocenters. The molecule has 6 heteroatoms. The molecule has 1 aliphatic heterocycles. The van der Waals surface area contributed by atoms with Crippen LogP contribution in [0.4, 0.5) is 4.39 Å². The minimum atomic E-state index is -0.226. The number of carbonyl (C=O) groups excluding carboxylic acids is 1. The third-order valence-electron chi connectivity index (χ3n) is 5.19. The second-order valence-corrected chi connectivity index (χ2v) is 7.34. The number of piperazine rings is 1. The van der Waals surface area contributed by atoms with Gasteiger partial charge < -0.3 is 9.64 Å². The number of halogens is 2. The number of hydrogen-bond donors (Lipinski definition) is 0. The number of ether oxygens (including phenoxy) is 1. The van der Waals surface area contributed by atoms with Crippen LogP contribution in [0.15, 0.2) is 48.5 Å². The van der Waals surface area contributed by atoms with Gasteiger partial charge in [0.25, 0.3) is 5.91 Å². The lowest BCUT2D eigenvalue weighted by atomic mass is 10.0. The number of benzene rings is 2. The average Bonchev–Trinajstić information content (AvgIpc) is 2.66. The summed E-state index contributed by atoms with van der Waals surface area (Å²) in [5, 5.41) is 0.633. The van der Waals surface area contributed by atoms with Crippen LogP contribution < -0.4 is 4.74 Å². The summed E-state index contributed by atoms with van der Waals surface area (Å²) < 4.78 is 18.7. The second-order valence-electron chi connectivity index (χ2n) is 6.91. The minimum absolute atomic E-state index is 0.0106. The van der Waals surface area contributed by atoms with Gasteiger partial charge in [0.05, 0.1) is 0 Å². The lowest BCUT2D eigenvalue weighted by molar-refractivity contribution is -0.139. The van der Waals surface area contributed by atoms with Crippen molar-refractivity contribution in [3.63, 3.8) is 0 Å². The number of rotatable bonds is 5. The van der Waals surface area contributed by atoms with E-state index in [1.165, 1.54) is 12.1 Å². The highest BCUT2D eigenvalue weighted by Crippen LogP contribution is 2.21. The lowest BCUT2D eigenvalue weighted by Crippen LogP contribution is -2.59. The van der Waals surface area contributed by atoms with Crippen molar-refractivity contribution in [2.75, 3.05) is 19.7 Å². The predicted molar refractivity (Wildman–Crippen MR) is 104 cm³/mol. The quantitative estimate of drug-likeness (QED) is 0.774. The first-order valence-electron chi connectivity index (χ1n) is 9.10. The van der Waals surface area contributed by atoms with Gasteiger partial charge in [-0.1, -0.05) is 23.7 Å². The van der Waals surface area contributed by atoms with E-state index in [0.717, 1.165) is 18.7 Å². The molecule has 2 aromatic rings. The van der Waals surface area contributed by atoms with E-state index >= 15 is 0 Å². The highest BCUT2D eigenvalue weighted by Gasteiger charge is 2.33. The molecule has 0 bridgehead atoms. The summed E-state index contributed by atoms with van der Waals surface area (Å²) in [6, 6.07) is 13.8. The van der Waals surface area contributed by atoms with Crippen molar-refractivity contribution in [2.24, 2.45) is 0 Å². The van der Waals surface area contributed by atoms with E-state index in [2.05, 4.69) is 18.7 Å². The Labute approximate surface area is 164 Å². The van der Waals surface area contributed by atoms with Gasteiger partial charge in [0, 0.05) is 36.7 Å². The Morgan fingerprint density at radius 2 is 1.74 bits per heavy atom. The molecule has 1 amide bonds. The maximum Gasteiger partial charge on any atom is 0.260 e. The summed E-state index contributed by atoms with van der Waals surface area (Å²) in [5.41, 5.74) is 1.07. The van der Waals surface area contributed by atoms with Gasteiger partial charge in [0.15, 0.2) is 6.61 Å². The zero-order valence-electron chi connectivity index (χ0n) is 15.6. The Balaban J connectivity index is 1.55. The Morgan fingerprint density at radius 3 is 2.41 bits per heavy atom. The molecule has 1 heterocycles. The third kappa shape index (κ3) is 4.99. The van der Waals surface area contributed by atoms with Crippen molar-refractivity contribution in [3.05, 3.63) is 64.9 Å². The van der Waals surface area contributed by atoms with Crippen molar-refractivity contribution < 1.29 is 13.9 Å². The second kappa shape index (κ2) is 8.72. The highest BCUT2D eigenvalue weighted by atomic mass is 35.5. The SMILES string of the molecule is CC1C(C)N(C(=O)COc2ccc(Cl)cc2)CCN1Cc1ccc(F)cc1. The molecule has 4 nitrogen and oxygen atoms in total. The summed E-state index contributed by atoms with van der Waals surface area (Å²) in [6.07, 6.45) is 0. The summed E-state index contributed by atoms with van der Waals surface area (Å²) in [7, 11) is 0. The number of carbonyl (C=O) groups is 1. The standard InChI is InChI=1S/C21H24ClFN2O2/c1-15-16(2)25(21(26)14-27-20-9-5-18(22)6-10-20)12-11-24(15)13-17-3-7-19(23)8-4-17/h3-10,15-16H,11-14H2,1-2H3. The smallest absolute Gasteiger partial charge is 0.260 e. The number of hydrogen-bond acceptors (Lipinski definition) is 3. The normalized spacial score (nSPS) is 20.5. The maximum absolute atomic E-state index is 13.1. The van der Waals surface area contributed by atoms with Gasteiger partial charge in [-0.15, -0.1) is 0 Å². The average molecular weight is 391 g/mol. The van der Waals surface area contributed by atoms with Crippen molar-refractivity contribution >= 4 is 17.5 Å². The molecule has 1 aliphatic rings. The molecule has 2 atom stereocenters. The summed E-state index contributed by atoms with van der Waals surface area (Å²) in [6.45, 7) is 6.35. The van der Waals surface area contributed by atoms with E-state index in [-0.39, 0.29) is 30.4 Å². The molecule has 144 valence electrons. The van der Waals surface area contributed by atoms with Crippen molar-refractivity contribution in [1.29, 1.82) is 0 Å². The molecular formula is C21H24ClFN2O2. The molecule has 1 fully saturated rings. The largest absolute Gasteiger partial charge is 0.484 e. The van der Waals surface area contributed by atoms with Crippen LogP contribution in [0.1, 0.15) is 19.4 Å². The third-order valence-corrected chi connectivity index (χ3v) is 5.44. The Morgan fingerprint density at radius 1 is 1.07 bits per heavy atom. The van der Waals surface area contributed by atoms with E-state index in [1.807, 2.05) is 17.0 Å². The maximum atomic E-state index is 13.1. The van der Waals surface area contributed by atoms with E-state index < -0.39 is 0 Å². The topological polar surface area (TPSA) is 32.8 Å². The zero-order valence-corrected chi connectivity index (χ0v) is 16.3. The summed E-state index contributed by atoms with van der Waals surface area (Å²) >= 11 is 5.86. The van der Waals surface area contributed by atoms with Crippen LogP contribution in [0.25, 0.3) is 0 Å². The van der Waals surface area contributed by atoms with Crippen LogP contribution in [-0.2, 0) is 11.3 Å². The Hall–Kier alpha value is -2.11. The van der Waals surface area contributed by atoms with E-state index in [0.29, 0.717) is 17.3 Å². The van der Waals surface area contributed by atoms with E-state index in [9.17, 15) is 9.18 Å². The first kappa shape index (κ1) is 19.6. The molecule has 0 radical (unpaired) electrons. The Kier molecular flexibility index (Phi) is 6.34. The van der Waals surface area contributed by atoms with Crippen LogP contribution in [-0.4, -0.2) is 47.5 Å². The molecule has 0 aromatic heterocycles. The Bertz CT molecular complexity index is 767. The van der Waals surface area contributed by atoms with Crippen molar-refractivity contribution in [1.82, 2.24) is 9.80 Å².